The number of hydrogen-bond acceptors (Lipinski definition) is 8. The van der Waals surface area contributed by atoms with Crippen molar-refractivity contribution in [2.45, 2.75) is 6.92 Å². The van der Waals surface area contributed by atoms with E-state index in [9.17, 15) is 0 Å². The molecule has 1 saturated heterocycles. The molecule has 2 N–H and O–H groups in total. The van der Waals surface area contributed by atoms with Gasteiger partial charge in [0.2, 0.25) is 5.65 Å². The number of H-pyrrole nitrogens is 1. The first-order chi connectivity index (χ1) is 12.3. The molecule has 10 heteroatoms. The maximum Gasteiger partial charge on any atom is 0.222 e. The number of fused-ring (bicyclic) bond motifs is 3. The van der Waals surface area contributed by atoms with E-state index in [0.717, 1.165) is 60.0 Å². The molecule has 10 nitrogen and oxygen atoms in total. The van der Waals surface area contributed by atoms with Crippen LogP contribution in [0.15, 0.2) is 18.5 Å². The van der Waals surface area contributed by atoms with Crippen LogP contribution in [0.2, 0.25) is 0 Å². The molecule has 0 amide bonds. The van der Waals surface area contributed by atoms with Gasteiger partial charge in [0.15, 0.2) is 11.6 Å². The van der Waals surface area contributed by atoms with E-state index in [4.69, 9.17) is 4.98 Å². The molecule has 1 aliphatic rings. The molecule has 4 heterocycles. The number of anilines is 1. The fourth-order valence-corrected chi connectivity index (χ4v) is 3.27. The third-order valence-corrected chi connectivity index (χ3v) is 4.53. The number of aromatic nitrogens is 8. The molecular formula is C15H16N10. The van der Waals surface area contributed by atoms with Crippen LogP contribution >= 0.6 is 0 Å². The number of nitrogens with zero attached hydrogens (tertiary/aromatic N) is 8. The highest BCUT2D eigenvalue weighted by Gasteiger charge is 2.20. The van der Waals surface area contributed by atoms with Crippen molar-refractivity contribution in [3.8, 4) is 11.4 Å². The van der Waals surface area contributed by atoms with Crippen molar-refractivity contribution in [1.29, 1.82) is 0 Å². The minimum Gasteiger partial charge on any atom is -0.351 e. The van der Waals surface area contributed by atoms with E-state index in [1.165, 1.54) is 6.33 Å². The number of rotatable bonds is 2. The normalized spacial score (nSPS) is 15.3. The van der Waals surface area contributed by atoms with Gasteiger partial charge in [-0.2, -0.15) is 9.61 Å². The summed E-state index contributed by atoms with van der Waals surface area (Å²) < 4.78 is 1.76. The van der Waals surface area contributed by atoms with Gasteiger partial charge in [-0.25, -0.2) is 9.97 Å². The topological polar surface area (TPSA) is 113 Å². The number of hydrogen-bond donors (Lipinski definition) is 2. The summed E-state index contributed by atoms with van der Waals surface area (Å²) in [6.45, 7) is 5.62. The van der Waals surface area contributed by atoms with Gasteiger partial charge < -0.3 is 10.2 Å². The molecule has 0 bridgehead atoms. The number of aryl methyl sites for hydroxylation is 1. The predicted octanol–water partition coefficient (Wildman–Crippen LogP) is 0.176. The summed E-state index contributed by atoms with van der Waals surface area (Å²) in [7, 11) is 0. The summed E-state index contributed by atoms with van der Waals surface area (Å²) in [6.07, 6.45) is 1.50. The molecule has 25 heavy (non-hydrogen) atoms. The van der Waals surface area contributed by atoms with Crippen LogP contribution < -0.4 is 10.2 Å². The molecule has 0 spiro atoms. The number of piperazine rings is 1. The van der Waals surface area contributed by atoms with E-state index in [1.807, 2.05) is 19.1 Å². The predicted molar refractivity (Wildman–Crippen MR) is 91.3 cm³/mol. The van der Waals surface area contributed by atoms with Gasteiger partial charge in [-0.15, -0.1) is 5.10 Å². The Morgan fingerprint density at radius 3 is 2.84 bits per heavy atom. The van der Waals surface area contributed by atoms with Crippen LogP contribution in [0.25, 0.3) is 28.1 Å². The molecule has 1 fully saturated rings. The average Bonchev–Trinajstić information content (AvgIpc) is 3.33. The third kappa shape index (κ3) is 2.22. The first-order valence-electron chi connectivity index (χ1n) is 8.15. The van der Waals surface area contributed by atoms with E-state index in [1.54, 1.807) is 4.52 Å². The minimum absolute atomic E-state index is 0.682. The fraction of sp³-hybridized carbons (Fsp3) is 0.333. The van der Waals surface area contributed by atoms with E-state index < -0.39 is 0 Å². The smallest absolute Gasteiger partial charge is 0.222 e. The van der Waals surface area contributed by atoms with E-state index in [0.29, 0.717) is 5.65 Å². The largest absolute Gasteiger partial charge is 0.351 e. The summed E-state index contributed by atoms with van der Waals surface area (Å²) in [6, 6.07) is 4.04. The van der Waals surface area contributed by atoms with Crippen LogP contribution in [0, 0.1) is 6.92 Å². The standard InChI is InChI=1S/C15H16N10/c1-9-6-12-11(7-10(9)13-17-8-18-20-13)19-14(15-21-22-23-25(12)15)24-4-2-16-3-5-24/h6-8,16H,2-5H2,1H3,(H,17,18,20). The molecular weight excluding hydrogens is 320 g/mol. The highest BCUT2D eigenvalue weighted by atomic mass is 15.5. The van der Waals surface area contributed by atoms with Crippen molar-refractivity contribution in [3.05, 3.63) is 24.0 Å². The molecule has 0 aliphatic carbocycles. The molecule has 126 valence electrons. The van der Waals surface area contributed by atoms with Crippen LogP contribution in [-0.4, -0.2) is 66.4 Å². The van der Waals surface area contributed by atoms with Crippen LogP contribution in [0.5, 0.6) is 0 Å². The number of tetrazole rings is 1. The highest BCUT2D eigenvalue weighted by molar-refractivity contribution is 5.87. The van der Waals surface area contributed by atoms with Crippen molar-refractivity contribution in [3.63, 3.8) is 0 Å². The second-order valence-corrected chi connectivity index (χ2v) is 6.08. The van der Waals surface area contributed by atoms with Gasteiger partial charge >= 0.3 is 0 Å². The van der Waals surface area contributed by atoms with E-state index in [-0.39, 0.29) is 0 Å². The maximum atomic E-state index is 4.88. The Kier molecular flexibility index (Phi) is 3.10. The lowest BCUT2D eigenvalue weighted by atomic mass is 10.1. The number of aromatic amines is 1. The SMILES string of the molecule is Cc1cc2c(cc1-c1ncn[nH]1)nc(N1CCNCC1)c1nnnn12. The fourth-order valence-electron chi connectivity index (χ4n) is 3.27. The van der Waals surface area contributed by atoms with Crippen molar-refractivity contribution >= 4 is 22.5 Å². The Bertz CT molecular complexity index is 1050. The van der Waals surface area contributed by atoms with Crippen LogP contribution in [0.1, 0.15) is 5.56 Å². The van der Waals surface area contributed by atoms with Crippen molar-refractivity contribution in [1.82, 2.24) is 45.5 Å². The van der Waals surface area contributed by atoms with Gasteiger partial charge in [-0.05, 0) is 35.0 Å². The Balaban J connectivity index is 1.77. The maximum absolute atomic E-state index is 4.88. The van der Waals surface area contributed by atoms with Crippen LogP contribution in [-0.2, 0) is 0 Å². The highest BCUT2D eigenvalue weighted by Crippen LogP contribution is 2.28. The summed E-state index contributed by atoms with van der Waals surface area (Å²) in [5.41, 5.74) is 4.40. The summed E-state index contributed by atoms with van der Waals surface area (Å²) in [5.74, 6) is 1.54. The quantitative estimate of drug-likeness (QED) is 0.533. The van der Waals surface area contributed by atoms with E-state index in [2.05, 4.69) is 40.9 Å². The zero-order valence-corrected chi connectivity index (χ0v) is 13.6. The van der Waals surface area contributed by atoms with Crippen LogP contribution in [0.3, 0.4) is 0 Å². The molecule has 1 aromatic carbocycles. The van der Waals surface area contributed by atoms with Gasteiger partial charge in [0.25, 0.3) is 0 Å². The second-order valence-electron chi connectivity index (χ2n) is 6.08. The van der Waals surface area contributed by atoms with Crippen LogP contribution in [0.4, 0.5) is 5.82 Å². The van der Waals surface area contributed by atoms with Crippen molar-refractivity contribution in [2.24, 2.45) is 0 Å². The van der Waals surface area contributed by atoms with Gasteiger partial charge in [-0.1, -0.05) is 0 Å². The molecule has 0 unspecified atom stereocenters. The lowest BCUT2D eigenvalue weighted by molar-refractivity contribution is 0.586. The molecule has 1 aliphatic heterocycles. The Morgan fingerprint density at radius 2 is 2.04 bits per heavy atom. The third-order valence-electron chi connectivity index (χ3n) is 4.53. The number of benzene rings is 1. The zero-order valence-electron chi connectivity index (χ0n) is 13.6. The Labute approximate surface area is 142 Å². The molecule has 4 aromatic rings. The average molecular weight is 336 g/mol. The summed E-state index contributed by atoms with van der Waals surface area (Å²) in [5, 5.41) is 22.4. The second kappa shape index (κ2) is 5.45. The van der Waals surface area contributed by atoms with Gasteiger partial charge in [-0.3, -0.25) is 5.10 Å². The van der Waals surface area contributed by atoms with Crippen molar-refractivity contribution < 1.29 is 0 Å². The number of nitrogens with one attached hydrogen (secondary N) is 2. The van der Waals surface area contributed by atoms with Gasteiger partial charge in [0.1, 0.15) is 6.33 Å². The first-order valence-corrected chi connectivity index (χ1v) is 8.15. The summed E-state index contributed by atoms with van der Waals surface area (Å²) in [4.78, 5) is 11.4. The monoisotopic (exact) mass is 336 g/mol. The zero-order chi connectivity index (χ0) is 16.8. The molecule has 5 rings (SSSR count). The molecule has 3 aromatic heterocycles. The molecule has 0 radical (unpaired) electrons. The Hall–Kier alpha value is -3.14. The van der Waals surface area contributed by atoms with E-state index >= 15 is 0 Å². The summed E-state index contributed by atoms with van der Waals surface area (Å²) >= 11 is 0. The minimum atomic E-state index is 0.682. The lowest BCUT2D eigenvalue weighted by Crippen LogP contribution is -2.44. The van der Waals surface area contributed by atoms with Crippen molar-refractivity contribution in [2.75, 3.05) is 31.1 Å². The first kappa shape index (κ1) is 14.2. The van der Waals surface area contributed by atoms with Gasteiger partial charge in [0, 0.05) is 31.7 Å². The Morgan fingerprint density at radius 1 is 1.16 bits per heavy atom. The molecule has 0 atom stereocenters. The van der Waals surface area contributed by atoms with Gasteiger partial charge in [0.05, 0.1) is 11.0 Å². The lowest BCUT2D eigenvalue weighted by Gasteiger charge is -2.28. The molecule has 0 saturated carbocycles.